The Morgan fingerprint density at radius 2 is 2.05 bits per heavy atom. The standard InChI is InChI=1S/C15H22ClNO2/c1-9(2)13-14(10-5-6-17-8-10)11(16)7-12(18-3)15(13)19-4/h7,9-10,17H,5-6,8H2,1-4H3. The van der Waals surface area contributed by atoms with Crippen LogP contribution in [-0.4, -0.2) is 27.3 Å². The molecule has 1 heterocycles. The van der Waals surface area contributed by atoms with Crippen molar-refractivity contribution >= 4 is 11.6 Å². The molecule has 3 nitrogen and oxygen atoms in total. The van der Waals surface area contributed by atoms with Crippen molar-refractivity contribution in [3.05, 3.63) is 22.2 Å². The summed E-state index contributed by atoms with van der Waals surface area (Å²) in [5.41, 5.74) is 2.40. The number of hydrogen-bond donors (Lipinski definition) is 1. The van der Waals surface area contributed by atoms with Gasteiger partial charge in [-0.3, -0.25) is 0 Å². The van der Waals surface area contributed by atoms with Crippen molar-refractivity contribution in [1.29, 1.82) is 0 Å². The number of methoxy groups -OCH3 is 2. The average Bonchev–Trinajstić information content (AvgIpc) is 2.90. The van der Waals surface area contributed by atoms with E-state index >= 15 is 0 Å². The van der Waals surface area contributed by atoms with Gasteiger partial charge in [0.25, 0.3) is 0 Å². The highest BCUT2D eigenvalue weighted by Gasteiger charge is 2.28. The maximum Gasteiger partial charge on any atom is 0.164 e. The lowest BCUT2D eigenvalue weighted by Crippen LogP contribution is -2.12. The summed E-state index contributed by atoms with van der Waals surface area (Å²) in [5.74, 6) is 2.34. The number of hydrogen-bond acceptors (Lipinski definition) is 3. The third-order valence-electron chi connectivity index (χ3n) is 3.74. The van der Waals surface area contributed by atoms with Gasteiger partial charge in [0.2, 0.25) is 0 Å². The maximum atomic E-state index is 6.50. The van der Waals surface area contributed by atoms with Crippen LogP contribution in [0, 0.1) is 0 Å². The second-order valence-electron chi connectivity index (χ2n) is 5.27. The zero-order valence-electron chi connectivity index (χ0n) is 12.0. The Morgan fingerprint density at radius 1 is 1.32 bits per heavy atom. The van der Waals surface area contributed by atoms with E-state index in [0.29, 0.717) is 17.6 Å². The Labute approximate surface area is 120 Å². The first-order chi connectivity index (χ1) is 9.10. The highest BCUT2D eigenvalue weighted by molar-refractivity contribution is 6.31. The van der Waals surface area contributed by atoms with Gasteiger partial charge in [-0.15, -0.1) is 0 Å². The fourth-order valence-corrected chi connectivity index (χ4v) is 3.25. The fraction of sp³-hybridized carbons (Fsp3) is 0.600. The van der Waals surface area contributed by atoms with Crippen LogP contribution in [-0.2, 0) is 0 Å². The first kappa shape index (κ1) is 14.5. The molecule has 1 aromatic rings. The summed E-state index contributed by atoms with van der Waals surface area (Å²) in [5, 5.41) is 4.19. The van der Waals surface area contributed by atoms with E-state index in [-0.39, 0.29) is 0 Å². The SMILES string of the molecule is COc1cc(Cl)c(C2CCNC2)c(C(C)C)c1OC. The van der Waals surface area contributed by atoms with Gasteiger partial charge >= 0.3 is 0 Å². The van der Waals surface area contributed by atoms with E-state index in [9.17, 15) is 0 Å². The van der Waals surface area contributed by atoms with E-state index in [2.05, 4.69) is 19.2 Å². The molecule has 1 unspecified atom stereocenters. The molecule has 19 heavy (non-hydrogen) atoms. The predicted octanol–water partition coefficient (Wildman–Crippen LogP) is 3.56. The molecule has 0 aromatic heterocycles. The predicted molar refractivity (Wildman–Crippen MR) is 78.9 cm³/mol. The highest BCUT2D eigenvalue weighted by atomic mass is 35.5. The van der Waals surface area contributed by atoms with Gasteiger partial charge in [-0.05, 0) is 30.4 Å². The molecule has 1 atom stereocenters. The molecule has 1 aromatic carbocycles. The van der Waals surface area contributed by atoms with E-state index in [1.54, 1.807) is 14.2 Å². The van der Waals surface area contributed by atoms with Gasteiger partial charge in [-0.2, -0.15) is 0 Å². The van der Waals surface area contributed by atoms with E-state index in [4.69, 9.17) is 21.1 Å². The lowest BCUT2D eigenvalue weighted by atomic mass is 9.87. The van der Waals surface area contributed by atoms with E-state index in [0.717, 1.165) is 30.3 Å². The Morgan fingerprint density at radius 3 is 2.53 bits per heavy atom. The van der Waals surface area contributed by atoms with E-state index in [1.165, 1.54) is 11.1 Å². The Balaban J connectivity index is 2.63. The average molecular weight is 284 g/mol. The zero-order valence-corrected chi connectivity index (χ0v) is 12.8. The molecule has 1 aliphatic heterocycles. The minimum absolute atomic E-state index is 0.346. The lowest BCUT2D eigenvalue weighted by Gasteiger charge is -2.24. The third-order valence-corrected chi connectivity index (χ3v) is 4.06. The molecule has 0 radical (unpaired) electrons. The quantitative estimate of drug-likeness (QED) is 0.916. The maximum absolute atomic E-state index is 6.50. The summed E-state index contributed by atoms with van der Waals surface area (Å²) in [6.45, 7) is 6.36. The molecule has 0 spiro atoms. The summed E-state index contributed by atoms with van der Waals surface area (Å²) in [6, 6.07) is 1.87. The molecular formula is C15H22ClNO2. The highest BCUT2D eigenvalue weighted by Crippen LogP contribution is 2.45. The molecule has 0 amide bonds. The Kier molecular flexibility index (Phi) is 4.58. The van der Waals surface area contributed by atoms with Crippen LogP contribution in [0.15, 0.2) is 6.07 Å². The zero-order chi connectivity index (χ0) is 14.0. The molecule has 0 bridgehead atoms. The molecule has 0 saturated carbocycles. The second kappa shape index (κ2) is 6.02. The number of ether oxygens (including phenoxy) is 2. The van der Waals surface area contributed by atoms with Gasteiger partial charge in [-0.1, -0.05) is 25.4 Å². The summed E-state index contributed by atoms with van der Waals surface area (Å²) in [7, 11) is 3.34. The largest absolute Gasteiger partial charge is 0.493 e. The molecule has 1 fully saturated rings. The van der Waals surface area contributed by atoms with Crippen LogP contribution in [0.4, 0.5) is 0 Å². The van der Waals surface area contributed by atoms with Gasteiger partial charge in [0.15, 0.2) is 11.5 Å². The van der Waals surface area contributed by atoms with Gasteiger partial charge < -0.3 is 14.8 Å². The van der Waals surface area contributed by atoms with Crippen molar-refractivity contribution < 1.29 is 9.47 Å². The van der Waals surface area contributed by atoms with Crippen molar-refractivity contribution in [3.8, 4) is 11.5 Å². The lowest BCUT2D eigenvalue weighted by molar-refractivity contribution is 0.349. The van der Waals surface area contributed by atoms with Gasteiger partial charge in [0.05, 0.1) is 14.2 Å². The van der Waals surface area contributed by atoms with Crippen molar-refractivity contribution in [2.45, 2.75) is 32.1 Å². The molecule has 1 aliphatic rings. The van der Waals surface area contributed by atoms with Crippen molar-refractivity contribution in [3.63, 3.8) is 0 Å². The Bertz CT molecular complexity index is 454. The molecular weight excluding hydrogens is 262 g/mol. The summed E-state index contributed by atoms with van der Waals surface area (Å²) < 4.78 is 11.0. The van der Waals surface area contributed by atoms with Crippen LogP contribution in [0.1, 0.15) is 43.2 Å². The molecule has 106 valence electrons. The number of nitrogens with one attached hydrogen (secondary N) is 1. The van der Waals surface area contributed by atoms with Crippen LogP contribution >= 0.6 is 11.6 Å². The van der Waals surface area contributed by atoms with Crippen LogP contribution in [0.5, 0.6) is 11.5 Å². The normalized spacial score (nSPS) is 18.9. The minimum Gasteiger partial charge on any atom is -0.493 e. The van der Waals surface area contributed by atoms with E-state index < -0.39 is 0 Å². The van der Waals surface area contributed by atoms with Crippen molar-refractivity contribution in [2.75, 3.05) is 27.3 Å². The van der Waals surface area contributed by atoms with Crippen molar-refractivity contribution in [1.82, 2.24) is 5.32 Å². The molecule has 2 rings (SSSR count). The van der Waals surface area contributed by atoms with Crippen LogP contribution < -0.4 is 14.8 Å². The Hall–Kier alpha value is -0.930. The number of benzene rings is 1. The van der Waals surface area contributed by atoms with Gasteiger partial charge in [0.1, 0.15) is 0 Å². The van der Waals surface area contributed by atoms with Crippen LogP contribution in [0.25, 0.3) is 0 Å². The third kappa shape index (κ3) is 2.67. The molecule has 0 aliphatic carbocycles. The summed E-state index contributed by atoms with van der Waals surface area (Å²) >= 11 is 6.50. The second-order valence-corrected chi connectivity index (χ2v) is 5.67. The smallest absolute Gasteiger partial charge is 0.164 e. The molecule has 1 saturated heterocycles. The van der Waals surface area contributed by atoms with Gasteiger partial charge in [-0.25, -0.2) is 0 Å². The first-order valence-electron chi connectivity index (χ1n) is 6.75. The van der Waals surface area contributed by atoms with Crippen LogP contribution in [0.3, 0.4) is 0 Å². The van der Waals surface area contributed by atoms with Gasteiger partial charge in [0, 0.05) is 23.2 Å². The first-order valence-corrected chi connectivity index (χ1v) is 7.12. The monoisotopic (exact) mass is 283 g/mol. The van der Waals surface area contributed by atoms with E-state index in [1.807, 2.05) is 6.07 Å². The number of rotatable bonds is 4. The minimum atomic E-state index is 0.346. The molecule has 4 heteroatoms. The fourth-order valence-electron chi connectivity index (χ4n) is 2.89. The summed E-state index contributed by atoms with van der Waals surface area (Å²) in [6.07, 6.45) is 1.12. The molecule has 1 N–H and O–H groups in total. The topological polar surface area (TPSA) is 30.5 Å². The van der Waals surface area contributed by atoms with Crippen molar-refractivity contribution in [2.24, 2.45) is 0 Å². The number of halogens is 1. The summed E-state index contributed by atoms with van der Waals surface area (Å²) in [4.78, 5) is 0. The van der Waals surface area contributed by atoms with Crippen LogP contribution in [0.2, 0.25) is 5.02 Å².